The zero-order valence-electron chi connectivity index (χ0n) is 33.5. The molecule has 292 valence electrons. The summed E-state index contributed by atoms with van der Waals surface area (Å²) in [6.07, 6.45) is 45.0. The Kier molecular flexibility index (Phi) is 28.9. The Hall–Kier alpha value is -1.30. The summed E-state index contributed by atoms with van der Waals surface area (Å²) in [5, 5.41) is 12.2. The van der Waals surface area contributed by atoms with Gasteiger partial charge in [0, 0.05) is 0 Å². The first-order chi connectivity index (χ1) is 25.1. The molecule has 2 aromatic carbocycles. The molecule has 2 rings (SSSR count). The van der Waals surface area contributed by atoms with Gasteiger partial charge in [-0.25, -0.2) is 4.79 Å². The molecule has 0 atom stereocenters. The van der Waals surface area contributed by atoms with E-state index in [9.17, 15) is 13.0 Å². The third-order valence-corrected chi connectivity index (χ3v) is 12.7. The quantitative estimate of drug-likeness (QED) is 0.0550. The zero-order chi connectivity index (χ0) is 36.6. The lowest BCUT2D eigenvalue weighted by molar-refractivity contribution is 0.0694. The molecule has 0 bridgehead atoms. The highest BCUT2D eigenvalue weighted by atomic mass is 127. The van der Waals surface area contributed by atoms with Gasteiger partial charge in [0.15, 0.2) is 21.2 Å². The monoisotopic (exact) mass is 819 g/mol. The molecule has 0 unspecified atom stereocenters. The van der Waals surface area contributed by atoms with E-state index in [0.717, 1.165) is 48.4 Å². The number of aromatic carboxylic acids is 1. The number of unbranched alkanes of at least 4 members (excludes halogenated alkanes) is 30. The van der Waals surface area contributed by atoms with Gasteiger partial charge >= 0.3 is 5.97 Å². The topological polar surface area (TPSA) is 54.4 Å². The number of halogens is 1. The Bertz CT molecular complexity index is 1160. The van der Waals surface area contributed by atoms with E-state index in [2.05, 4.69) is 26.0 Å². The normalized spacial score (nSPS) is 11.6. The molecule has 0 aliphatic rings. The Balaban J connectivity index is 1.67. The first-order valence-corrected chi connectivity index (χ1v) is 24.2. The second kappa shape index (κ2) is 32.2. The maximum absolute atomic E-state index is 12.5. The van der Waals surface area contributed by atoms with Crippen molar-refractivity contribution in [3.05, 3.63) is 44.5 Å². The van der Waals surface area contributed by atoms with E-state index in [1.54, 1.807) is 0 Å². The van der Waals surface area contributed by atoms with E-state index in [0.29, 0.717) is 9.13 Å². The van der Waals surface area contributed by atoms with Crippen molar-refractivity contribution in [2.75, 3.05) is 0 Å². The van der Waals surface area contributed by atoms with E-state index >= 15 is 0 Å². The molecular formula is C47H79IO3. The van der Waals surface area contributed by atoms with Crippen LogP contribution in [0.2, 0.25) is 0 Å². The van der Waals surface area contributed by atoms with Gasteiger partial charge in [-0.1, -0.05) is 225 Å². The van der Waals surface area contributed by atoms with Crippen LogP contribution >= 0.6 is 21.2 Å². The van der Waals surface area contributed by atoms with Gasteiger partial charge in [-0.05, 0) is 53.6 Å². The molecule has 0 aliphatic carbocycles. The highest BCUT2D eigenvalue weighted by Gasteiger charge is 2.20. The third kappa shape index (κ3) is 21.2. The van der Waals surface area contributed by atoms with Gasteiger partial charge in [0.05, 0.1) is 9.13 Å². The van der Waals surface area contributed by atoms with Gasteiger partial charge in [-0.15, -0.1) is 0 Å². The van der Waals surface area contributed by atoms with Crippen LogP contribution in [0.15, 0.2) is 24.3 Å². The van der Waals surface area contributed by atoms with Gasteiger partial charge in [0.25, 0.3) is 0 Å². The lowest BCUT2D eigenvalue weighted by Crippen LogP contribution is -2.07. The van der Waals surface area contributed by atoms with Crippen LogP contribution in [0.3, 0.4) is 0 Å². The molecule has 0 aliphatic heterocycles. The fraction of sp³-hybridized carbons (Fsp3) is 0.766. The summed E-state index contributed by atoms with van der Waals surface area (Å²) in [6.45, 7) is 4.57. The average molecular weight is 819 g/mol. The Labute approximate surface area is 326 Å². The van der Waals surface area contributed by atoms with Crippen molar-refractivity contribution in [2.24, 2.45) is 0 Å². The van der Waals surface area contributed by atoms with Gasteiger partial charge in [-0.3, -0.25) is 3.07 Å². The number of rotatable bonds is 36. The summed E-state index contributed by atoms with van der Waals surface area (Å²) in [6, 6.07) is 8.38. The van der Waals surface area contributed by atoms with Gasteiger partial charge in [0.1, 0.15) is 0 Å². The summed E-state index contributed by atoms with van der Waals surface area (Å²) in [7, 11) is 0. The molecule has 0 aromatic heterocycles. The Morgan fingerprint density at radius 3 is 1.14 bits per heavy atom. The Morgan fingerprint density at radius 2 is 0.804 bits per heavy atom. The fourth-order valence-electron chi connectivity index (χ4n) is 7.95. The molecule has 0 radical (unpaired) electrons. The van der Waals surface area contributed by atoms with Gasteiger partial charge < -0.3 is 5.11 Å². The van der Waals surface area contributed by atoms with Crippen LogP contribution in [0.5, 0.6) is 0 Å². The van der Waals surface area contributed by atoms with Crippen molar-refractivity contribution < 1.29 is 13.0 Å². The number of carboxylic acids is 1. The van der Waals surface area contributed by atoms with Crippen LogP contribution in [0.1, 0.15) is 241 Å². The molecule has 51 heavy (non-hydrogen) atoms. The minimum absolute atomic E-state index is 0.325. The Morgan fingerprint density at radius 1 is 0.471 bits per heavy atom. The molecular weight excluding hydrogens is 739 g/mol. The molecule has 4 heteroatoms. The zero-order valence-corrected chi connectivity index (χ0v) is 35.7. The van der Waals surface area contributed by atoms with Crippen LogP contribution in [0.25, 0.3) is 10.8 Å². The van der Waals surface area contributed by atoms with E-state index < -0.39 is 27.2 Å². The summed E-state index contributed by atoms with van der Waals surface area (Å²) < 4.78 is 13.1. The maximum Gasteiger partial charge on any atom is 0.337 e. The SMILES string of the molecule is CCCCCCCCCCCCCCCCCCc1cc2c(CCCCCCCCCCCCCCCCCC)cccc2c(I=O)c1C(=O)O. The second-order valence-electron chi connectivity index (χ2n) is 15.7. The van der Waals surface area contributed by atoms with E-state index in [1.165, 1.54) is 192 Å². The lowest BCUT2D eigenvalue weighted by Gasteiger charge is -2.14. The maximum atomic E-state index is 12.5. The summed E-state index contributed by atoms with van der Waals surface area (Å²) in [4.78, 5) is 12.4. The molecule has 0 fully saturated rings. The van der Waals surface area contributed by atoms with Crippen molar-refractivity contribution in [3.8, 4) is 0 Å². The van der Waals surface area contributed by atoms with E-state index in [-0.39, 0.29) is 0 Å². The lowest BCUT2D eigenvalue weighted by atomic mass is 9.92. The second-order valence-corrected chi connectivity index (χ2v) is 17.2. The minimum atomic E-state index is -1.59. The number of carboxylic acid groups (broad SMARTS) is 1. The van der Waals surface area contributed by atoms with E-state index in [4.69, 9.17) is 0 Å². The van der Waals surface area contributed by atoms with Crippen LogP contribution in [0.4, 0.5) is 0 Å². The first-order valence-electron chi connectivity index (χ1n) is 22.2. The summed E-state index contributed by atoms with van der Waals surface area (Å²) in [5.41, 5.74) is 2.51. The fourth-order valence-corrected chi connectivity index (χ4v) is 9.46. The highest BCUT2D eigenvalue weighted by Crippen LogP contribution is 2.33. The molecule has 3 nitrogen and oxygen atoms in total. The van der Waals surface area contributed by atoms with Crippen LogP contribution < -0.4 is 0 Å². The van der Waals surface area contributed by atoms with Crippen molar-refractivity contribution in [2.45, 2.75) is 232 Å². The third-order valence-electron chi connectivity index (χ3n) is 11.2. The minimum Gasteiger partial charge on any atom is -0.478 e. The molecule has 2 aromatic rings. The largest absolute Gasteiger partial charge is 0.478 e. The van der Waals surface area contributed by atoms with Crippen molar-refractivity contribution >= 4 is 37.9 Å². The number of carbonyl (C=O) groups is 1. The van der Waals surface area contributed by atoms with E-state index in [1.807, 2.05) is 12.1 Å². The standard InChI is InChI=1S/C47H79IO3/c1-3-5-7-9-11-13-15-17-19-21-23-25-27-29-31-33-36-41-38-35-39-43-44(41)40-42(45(47(49)50)46(43)48-51)37-34-32-30-28-26-24-22-20-18-16-14-12-10-8-6-4-2/h35,38-40H,3-34,36-37H2,1-2H3,(H,49,50). The number of fused-ring (bicyclic) bond motifs is 1. The molecule has 0 saturated carbocycles. The number of hydrogen-bond donors (Lipinski definition) is 1. The van der Waals surface area contributed by atoms with Crippen LogP contribution in [-0.4, -0.2) is 11.1 Å². The smallest absolute Gasteiger partial charge is 0.337 e. The average Bonchev–Trinajstić information content (AvgIpc) is 3.13. The summed E-state index contributed by atoms with van der Waals surface area (Å²) >= 11 is -1.59. The molecule has 0 saturated heterocycles. The van der Waals surface area contributed by atoms with Gasteiger partial charge in [-0.2, -0.15) is 0 Å². The van der Waals surface area contributed by atoms with Crippen molar-refractivity contribution in [1.82, 2.24) is 0 Å². The first kappa shape index (κ1) is 45.9. The number of aryl methyl sites for hydroxylation is 2. The molecule has 0 spiro atoms. The predicted octanol–water partition coefficient (Wildman–Crippen LogP) is 16.6. The summed E-state index contributed by atoms with van der Waals surface area (Å²) in [5.74, 6) is -0.919. The molecule has 0 heterocycles. The van der Waals surface area contributed by atoms with Crippen LogP contribution in [0, 0.1) is 3.57 Å². The highest BCUT2D eigenvalue weighted by molar-refractivity contribution is 14.1. The molecule has 0 amide bonds. The predicted molar refractivity (Wildman–Crippen MR) is 231 cm³/mol. The van der Waals surface area contributed by atoms with Crippen LogP contribution in [-0.2, 0) is 15.9 Å². The van der Waals surface area contributed by atoms with Crippen molar-refractivity contribution in [3.63, 3.8) is 0 Å². The van der Waals surface area contributed by atoms with Crippen molar-refractivity contribution in [1.29, 1.82) is 0 Å². The van der Waals surface area contributed by atoms with Gasteiger partial charge in [0.2, 0.25) is 0 Å². The number of hydrogen-bond acceptors (Lipinski definition) is 2. The molecule has 1 N–H and O–H groups in total. The number of benzene rings is 2.